The van der Waals surface area contributed by atoms with Gasteiger partial charge >= 0.3 is 0 Å². The summed E-state index contributed by atoms with van der Waals surface area (Å²) < 4.78 is 12.7. The monoisotopic (exact) mass is 225 g/mol. The Hall–Kier alpha value is -0.930. The molecule has 0 radical (unpaired) electrons. The van der Waals surface area contributed by atoms with E-state index in [1.54, 1.807) is 12.1 Å². The summed E-state index contributed by atoms with van der Waals surface area (Å²) in [5, 5.41) is 13.2. The highest BCUT2D eigenvalue weighted by Gasteiger charge is 2.16. The molecule has 1 aromatic carbocycles. The zero-order valence-corrected chi connectivity index (χ0v) is 10.1. The molecule has 1 atom stereocenters. The van der Waals surface area contributed by atoms with E-state index in [9.17, 15) is 9.50 Å². The Balaban J connectivity index is 2.53. The predicted molar refractivity (Wildman–Crippen MR) is 63.7 cm³/mol. The number of rotatable bonds is 5. The van der Waals surface area contributed by atoms with Gasteiger partial charge in [0, 0.05) is 12.1 Å². The third kappa shape index (κ3) is 3.91. The molecule has 0 aliphatic carbocycles. The van der Waals surface area contributed by atoms with Crippen LogP contribution in [-0.2, 0) is 0 Å². The third-order valence-electron chi connectivity index (χ3n) is 2.91. The number of hydrogen-bond acceptors (Lipinski definition) is 2. The minimum atomic E-state index is -0.591. The first kappa shape index (κ1) is 13.1. The number of β-amino-alcohol motifs (C(OH)–C–C–N with tert-alkyl or cyclic N) is 1. The molecule has 0 aliphatic heterocycles. The maximum absolute atomic E-state index is 12.7. The highest BCUT2D eigenvalue weighted by atomic mass is 19.1. The van der Waals surface area contributed by atoms with Crippen molar-refractivity contribution in [3.8, 4) is 0 Å². The Labute approximate surface area is 96.5 Å². The quantitative estimate of drug-likeness (QED) is 0.807. The second-order valence-electron chi connectivity index (χ2n) is 4.69. The van der Waals surface area contributed by atoms with Crippen LogP contribution in [0.5, 0.6) is 0 Å². The Morgan fingerprint density at radius 3 is 2.38 bits per heavy atom. The van der Waals surface area contributed by atoms with Crippen molar-refractivity contribution in [2.75, 3.05) is 6.54 Å². The van der Waals surface area contributed by atoms with Gasteiger partial charge in [-0.25, -0.2) is 4.39 Å². The second kappa shape index (κ2) is 5.41. The van der Waals surface area contributed by atoms with Crippen LogP contribution in [0.4, 0.5) is 4.39 Å². The summed E-state index contributed by atoms with van der Waals surface area (Å²) in [6.45, 7) is 6.75. The average molecular weight is 225 g/mol. The minimum Gasteiger partial charge on any atom is -0.387 e. The molecule has 1 rings (SSSR count). The van der Waals surface area contributed by atoms with Crippen molar-refractivity contribution < 1.29 is 9.50 Å². The van der Waals surface area contributed by atoms with E-state index in [-0.39, 0.29) is 11.4 Å². The summed E-state index contributed by atoms with van der Waals surface area (Å²) in [5.74, 6) is -0.280. The van der Waals surface area contributed by atoms with E-state index >= 15 is 0 Å². The first-order valence-electron chi connectivity index (χ1n) is 5.63. The van der Waals surface area contributed by atoms with Gasteiger partial charge in [-0.3, -0.25) is 0 Å². The van der Waals surface area contributed by atoms with E-state index in [0.717, 1.165) is 12.0 Å². The summed E-state index contributed by atoms with van der Waals surface area (Å²) in [5.41, 5.74) is 0.752. The lowest BCUT2D eigenvalue weighted by Gasteiger charge is -2.26. The number of hydrogen-bond donors (Lipinski definition) is 2. The third-order valence-corrected chi connectivity index (χ3v) is 2.91. The molecule has 16 heavy (non-hydrogen) atoms. The van der Waals surface area contributed by atoms with E-state index in [1.807, 2.05) is 0 Å². The van der Waals surface area contributed by atoms with Gasteiger partial charge < -0.3 is 10.4 Å². The average Bonchev–Trinajstić information content (AvgIpc) is 2.27. The van der Waals surface area contributed by atoms with Crippen LogP contribution in [0, 0.1) is 5.82 Å². The van der Waals surface area contributed by atoms with Gasteiger partial charge in [0.25, 0.3) is 0 Å². The van der Waals surface area contributed by atoms with Gasteiger partial charge in [-0.15, -0.1) is 0 Å². The molecular weight excluding hydrogens is 205 g/mol. The van der Waals surface area contributed by atoms with Crippen LogP contribution in [0.25, 0.3) is 0 Å². The molecule has 1 unspecified atom stereocenters. The first-order valence-corrected chi connectivity index (χ1v) is 5.63. The van der Waals surface area contributed by atoms with Gasteiger partial charge in [0.1, 0.15) is 5.82 Å². The lowest BCUT2D eigenvalue weighted by atomic mass is 10.0. The molecule has 0 saturated carbocycles. The molecule has 0 aromatic heterocycles. The van der Waals surface area contributed by atoms with Gasteiger partial charge in [0.05, 0.1) is 6.10 Å². The summed E-state index contributed by atoms with van der Waals surface area (Å²) >= 11 is 0. The molecule has 0 spiro atoms. The summed E-state index contributed by atoms with van der Waals surface area (Å²) in [6, 6.07) is 5.95. The minimum absolute atomic E-state index is 0.0149. The van der Waals surface area contributed by atoms with Gasteiger partial charge in [-0.2, -0.15) is 0 Å². The molecule has 0 aliphatic rings. The van der Waals surface area contributed by atoms with E-state index in [0.29, 0.717) is 6.54 Å². The highest BCUT2D eigenvalue weighted by molar-refractivity contribution is 5.18. The van der Waals surface area contributed by atoms with Crippen LogP contribution < -0.4 is 5.32 Å². The number of aliphatic hydroxyl groups is 1. The van der Waals surface area contributed by atoms with Crippen LogP contribution in [0.3, 0.4) is 0 Å². The van der Waals surface area contributed by atoms with Crippen molar-refractivity contribution >= 4 is 0 Å². The molecule has 2 nitrogen and oxygen atoms in total. The smallest absolute Gasteiger partial charge is 0.123 e. The van der Waals surface area contributed by atoms with Crippen LogP contribution >= 0.6 is 0 Å². The van der Waals surface area contributed by atoms with Crippen LogP contribution in [0.2, 0.25) is 0 Å². The Morgan fingerprint density at radius 1 is 1.31 bits per heavy atom. The standard InChI is InChI=1S/C13H20FNO/c1-4-13(2,3)15-9-12(16)10-5-7-11(14)8-6-10/h5-8,12,15-16H,4,9H2,1-3H3. The van der Waals surface area contributed by atoms with Gasteiger partial charge in [0.2, 0.25) is 0 Å². The number of halogens is 1. The molecule has 3 heteroatoms. The highest BCUT2D eigenvalue weighted by Crippen LogP contribution is 2.14. The van der Waals surface area contributed by atoms with Crippen molar-refractivity contribution in [2.45, 2.75) is 38.8 Å². The van der Waals surface area contributed by atoms with Gasteiger partial charge in [-0.05, 0) is 38.0 Å². The largest absolute Gasteiger partial charge is 0.387 e. The summed E-state index contributed by atoms with van der Waals surface area (Å²) in [6.07, 6.45) is 0.398. The second-order valence-corrected chi connectivity index (χ2v) is 4.69. The first-order chi connectivity index (χ1) is 7.44. The lowest BCUT2D eigenvalue weighted by Crippen LogP contribution is -2.40. The summed E-state index contributed by atoms with van der Waals surface area (Å²) in [7, 11) is 0. The SMILES string of the molecule is CCC(C)(C)NCC(O)c1ccc(F)cc1. The number of nitrogens with one attached hydrogen (secondary N) is 1. The van der Waals surface area contributed by atoms with Gasteiger partial charge in [-0.1, -0.05) is 19.1 Å². The fourth-order valence-electron chi connectivity index (χ4n) is 1.30. The number of aliphatic hydroxyl groups excluding tert-OH is 1. The molecule has 0 heterocycles. The molecule has 2 N–H and O–H groups in total. The fourth-order valence-corrected chi connectivity index (χ4v) is 1.30. The lowest BCUT2D eigenvalue weighted by molar-refractivity contribution is 0.160. The Kier molecular flexibility index (Phi) is 4.44. The van der Waals surface area contributed by atoms with Crippen molar-refractivity contribution in [1.29, 1.82) is 0 Å². The molecule has 1 aromatic rings. The topological polar surface area (TPSA) is 32.3 Å². The molecule has 0 bridgehead atoms. The van der Waals surface area contributed by atoms with E-state index in [4.69, 9.17) is 0 Å². The van der Waals surface area contributed by atoms with E-state index in [2.05, 4.69) is 26.1 Å². The van der Waals surface area contributed by atoms with Crippen molar-refractivity contribution in [2.24, 2.45) is 0 Å². The predicted octanol–water partition coefficient (Wildman–Crippen LogP) is 2.64. The van der Waals surface area contributed by atoms with Crippen LogP contribution in [0.15, 0.2) is 24.3 Å². The Bertz CT molecular complexity index is 321. The van der Waals surface area contributed by atoms with Crippen molar-refractivity contribution in [3.05, 3.63) is 35.6 Å². The maximum atomic E-state index is 12.7. The number of benzene rings is 1. The van der Waals surface area contributed by atoms with Crippen molar-refractivity contribution in [3.63, 3.8) is 0 Å². The molecule has 0 saturated heterocycles. The zero-order valence-electron chi connectivity index (χ0n) is 10.1. The molecule has 0 fully saturated rings. The van der Waals surface area contributed by atoms with E-state index in [1.165, 1.54) is 12.1 Å². The fraction of sp³-hybridized carbons (Fsp3) is 0.538. The van der Waals surface area contributed by atoms with Crippen LogP contribution in [-0.4, -0.2) is 17.2 Å². The molecule has 0 amide bonds. The van der Waals surface area contributed by atoms with E-state index < -0.39 is 6.10 Å². The zero-order chi connectivity index (χ0) is 12.2. The normalized spacial score (nSPS) is 13.8. The summed E-state index contributed by atoms with van der Waals surface area (Å²) in [4.78, 5) is 0. The van der Waals surface area contributed by atoms with Crippen molar-refractivity contribution in [1.82, 2.24) is 5.32 Å². The Morgan fingerprint density at radius 2 is 1.88 bits per heavy atom. The van der Waals surface area contributed by atoms with Crippen LogP contribution in [0.1, 0.15) is 38.9 Å². The maximum Gasteiger partial charge on any atom is 0.123 e. The molecule has 90 valence electrons. The molecular formula is C13H20FNO. The van der Waals surface area contributed by atoms with Gasteiger partial charge in [0.15, 0.2) is 0 Å².